The van der Waals surface area contributed by atoms with Crippen LogP contribution in [0.1, 0.15) is 0 Å². The van der Waals surface area contributed by atoms with E-state index in [1.165, 1.54) is 11.3 Å². The van der Waals surface area contributed by atoms with Crippen molar-refractivity contribution >= 4 is 22.2 Å². The zero-order valence-electron chi connectivity index (χ0n) is 8.33. The zero-order chi connectivity index (χ0) is 11.0. The van der Waals surface area contributed by atoms with E-state index in [9.17, 15) is 4.79 Å². The Kier molecular flexibility index (Phi) is 2.08. The van der Waals surface area contributed by atoms with Gasteiger partial charge in [0.25, 0.3) is 5.56 Å². The molecule has 0 aliphatic rings. The highest BCUT2D eigenvalue weighted by molar-refractivity contribution is 7.12. The summed E-state index contributed by atoms with van der Waals surface area (Å²) in [6.07, 6.45) is 1.58. The van der Waals surface area contributed by atoms with Crippen molar-refractivity contribution in [1.29, 1.82) is 0 Å². The van der Waals surface area contributed by atoms with Gasteiger partial charge in [0, 0.05) is 0 Å². The number of hydrogen-bond acceptors (Lipinski definition) is 3. The monoisotopic (exact) mass is 228 g/mol. The summed E-state index contributed by atoms with van der Waals surface area (Å²) in [6.45, 7) is 0. The van der Waals surface area contributed by atoms with Gasteiger partial charge in [-0.3, -0.25) is 9.36 Å². The van der Waals surface area contributed by atoms with E-state index in [1.54, 1.807) is 17.0 Å². The van der Waals surface area contributed by atoms with Crippen LogP contribution < -0.4 is 5.56 Å². The maximum atomic E-state index is 12.2. The standard InChI is InChI=1S/C12H8N2OS/c15-12-9-4-1-2-5-10(9)13-8-14(12)11-6-3-7-16-11/h1-8H. The van der Waals surface area contributed by atoms with Crippen LogP contribution in [-0.2, 0) is 0 Å². The lowest BCUT2D eigenvalue weighted by Crippen LogP contribution is -2.17. The molecule has 3 nitrogen and oxygen atoms in total. The molecule has 0 radical (unpaired) electrons. The molecule has 0 spiro atoms. The first-order valence-corrected chi connectivity index (χ1v) is 5.74. The van der Waals surface area contributed by atoms with Crippen molar-refractivity contribution < 1.29 is 0 Å². The summed E-state index contributed by atoms with van der Waals surface area (Å²) in [5, 5.41) is 3.48. The molecule has 0 saturated carbocycles. The third-order valence-electron chi connectivity index (χ3n) is 2.41. The maximum Gasteiger partial charge on any atom is 0.266 e. The van der Waals surface area contributed by atoms with Gasteiger partial charge in [0.15, 0.2) is 0 Å². The molecular weight excluding hydrogens is 220 g/mol. The van der Waals surface area contributed by atoms with Crippen molar-refractivity contribution in [1.82, 2.24) is 9.55 Å². The van der Waals surface area contributed by atoms with E-state index in [-0.39, 0.29) is 5.56 Å². The summed E-state index contributed by atoms with van der Waals surface area (Å²) in [6, 6.07) is 11.2. The van der Waals surface area contributed by atoms with Gasteiger partial charge in [0.2, 0.25) is 0 Å². The molecule has 0 aliphatic carbocycles. The summed E-state index contributed by atoms with van der Waals surface area (Å²) in [5.74, 6) is 0. The minimum absolute atomic E-state index is 0.0203. The number of benzene rings is 1. The lowest BCUT2D eigenvalue weighted by molar-refractivity contribution is 0.983. The molecule has 1 aromatic carbocycles. The van der Waals surface area contributed by atoms with E-state index in [4.69, 9.17) is 0 Å². The predicted molar refractivity (Wildman–Crippen MR) is 65.2 cm³/mol. The SMILES string of the molecule is O=c1c2ccccc2ncn1-c1cccs1. The van der Waals surface area contributed by atoms with Gasteiger partial charge >= 0.3 is 0 Å². The normalized spacial score (nSPS) is 10.8. The van der Waals surface area contributed by atoms with Gasteiger partial charge < -0.3 is 0 Å². The van der Waals surface area contributed by atoms with Gasteiger partial charge in [-0.2, -0.15) is 0 Å². The molecule has 0 atom stereocenters. The first-order chi connectivity index (χ1) is 7.86. The van der Waals surface area contributed by atoms with Gasteiger partial charge in [-0.15, -0.1) is 11.3 Å². The molecule has 3 aromatic rings. The van der Waals surface area contributed by atoms with Gasteiger partial charge in [-0.25, -0.2) is 4.98 Å². The Hall–Kier alpha value is -1.94. The second kappa shape index (κ2) is 3.57. The molecule has 3 rings (SSSR count). The van der Waals surface area contributed by atoms with Crippen LogP contribution in [0, 0.1) is 0 Å². The molecule has 0 amide bonds. The minimum Gasteiger partial charge on any atom is -0.268 e. The summed E-state index contributed by atoms with van der Waals surface area (Å²) >= 11 is 1.52. The topological polar surface area (TPSA) is 34.9 Å². The van der Waals surface area contributed by atoms with Crippen LogP contribution in [0.2, 0.25) is 0 Å². The molecule has 2 aromatic heterocycles. The third kappa shape index (κ3) is 1.35. The fourth-order valence-electron chi connectivity index (χ4n) is 1.63. The molecular formula is C12H8N2OS. The van der Waals surface area contributed by atoms with E-state index >= 15 is 0 Å². The second-order valence-corrected chi connectivity index (χ2v) is 4.31. The van der Waals surface area contributed by atoms with Crippen LogP contribution in [-0.4, -0.2) is 9.55 Å². The number of para-hydroxylation sites is 1. The lowest BCUT2D eigenvalue weighted by atomic mass is 10.2. The lowest BCUT2D eigenvalue weighted by Gasteiger charge is -2.02. The van der Waals surface area contributed by atoms with Crippen molar-refractivity contribution in [3.8, 4) is 5.00 Å². The van der Waals surface area contributed by atoms with Crippen LogP contribution in [0.4, 0.5) is 0 Å². The Bertz CT molecular complexity index is 686. The fourth-order valence-corrected chi connectivity index (χ4v) is 2.33. The van der Waals surface area contributed by atoms with E-state index in [0.29, 0.717) is 5.39 Å². The second-order valence-electron chi connectivity index (χ2n) is 3.39. The molecule has 0 saturated heterocycles. The van der Waals surface area contributed by atoms with Crippen LogP contribution in [0.25, 0.3) is 15.9 Å². The number of hydrogen-bond donors (Lipinski definition) is 0. The van der Waals surface area contributed by atoms with Crippen LogP contribution in [0.15, 0.2) is 52.9 Å². The van der Waals surface area contributed by atoms with Crippen molar-refractivity contribution in [2.24, 2.45) is 0 Å². The largest absolute Gasteiger partial charge is 0.268 e. The third-order valence-corrected chi connectivity index (χ3v) is 3.28. The highest BCUT2D eigenvalue weighted by Gasteiger charge is 2.04. The average Bonchev–Trinajstić information content (AvgIpc) is 2.83. The summed E-state index contributed by atoms with van der Waals surface area (Å²) in [5.41, 5.74) is 0.716. The first kappa shape index (κ1) is 9.30. The summed E-state index contributed by atoms with van der Waals surface area (Å²) < 4.78 is 1.58. The Labute approximate surface area is 95.6 Å². The molecule has 4 heteroatoms. The number of rotatable bonds is 1. The molecule has 0 unspecified atom stereocenters. The Balaban J connectivity index is 2.37. The number of fused-ring (bicyclic) bond motifs is 1. The van der Waals surface area contributed by atoms with E-state index in [2.05, 4.69) is 4.98 Å². The zero-order valence-corrected chi connectivity index (χ0v) is 9.15. The van der Waals surface area contributed by atoms with Gasteiger partial charge in [-0.1, -0.05) is 12.1 Å². The number of thiophene rings is 1. The average molecular weight is 228 g/mol. The van der Waals surface area contributed by atoms with Crippen LogP contribution in [0.3, 0.4) is 0 Å². The van der Waals surface area contributed by atoms with Crippen molar-refractivity contribution in [2.45, 2.75) is 0 Å². The van der Waals surface area contributed by atoms with Crippen LogP contribution >= 0.6 is 11.3 Å². The molecule has 2 heterocycles. The first-order valence-electron chi connectivity index (χ1n) is 4.86. The Morgan fingerprint density at radius 3 is 2.81 bits per heavy atom. The predicted octanol–water partition coefficient (Wildman–Crippen LogP) is 2.45. The maximum absolute atomic E-state index is 12.2. The van der Waals surface area contributed by atoms with E-state index < -0.39 is 0 Å². The van der Waals surface area contributed by atoms with Crippen molar-refractivity contribution in [3.05, 3.63) is 58.5 Å². The Morgan fingerprint density at radius 1 is 1.12 bits per heavy atom. The minimum atomic E-state index is -0.0203. The van der Waals surface area contributed by atoms with E-state index in [0.717, 1.165) is 10.5 Å². The molecule has 16 heavy (non-hydrogen) atoms. The van der Waals surface area contributed by atoms with E-state index in [1.807, 2.05) is 35.7 Å². The van der Waals surface area contributed by atoms with Gasteiger partial charge in [0.05, 0.1) is 10.9 Å². The van der Waals surface area contributed by atoms with Crippen LogP contribution in [0.5, 0.6) is 0 Å². The molecule has 0 fully saturated rings. The summed E-state index contributed by atoms with van der Waals surface area (Å²) in [7, 11) is 0. The molecule has 0 N–H and O–H groups in total. The summed E-state index contributed by atoms with van der Waals surface area (Å²) in [4.78, 5) is 16.4. The molecule has 0 aliphatic heterocycles. The van der Waals surface area contributed by atoms with Crippen molar-refractivity contribution in [2.75, 3.05) is 0 Å². The highest BCUT2D eigenvalue weighted by atomic mass is 32.1. The quantitative estimate of drug-likeness (QED) is 0.641. The molecule has 0 bridgehead atoms. The fraction of sp³-hybridized carbons (Fsp3) is 0. The highest BCUT2D eigenvalue weighted by Crippen LogP contribution is 2.13. The smallest absolute Gasteiger partial charge is 0.266 e. The Morgan fingerprint density at radius 2 is 2.00 bits per heavy atom. The van der Waals surface area contributed by atoms with Crippen molar-refractivity contribution in [3.63, 3.8) is 0 Å². The number of aromatic nitrogens is 2. The number of nitrogens with zero attached hydrogens (tertiary/aromatic N) is 2. The molecule has 78 valence electrons. The van der Waals surface area contributed by atoms with Gasteiger partial charge in [-0.05, 0) is 29.6 Å². The van der Waals surface area contributed by atoms with Gasteiger partial charge in [0.1, 0.15) is 11.3 Å².